The second-order valence-electron chi connectivity index (χ2n) is 6.04. The molecule has 3 heteroatoms. The standard InChI is InChI=1S/C19H22O2S/c1-14-10-12-17(13-11-14)22(21)15(2)19(3,4)18(20)16-8-6-5-7-9-16/h5-13,18,20H,2H2,1,3-4H3/t18-,22?/m1/s1. The number of benzene rings is 2. The van der Waals surface area contributed by atoms with E-state index in [1.807, 2.05) is 75.4 Å². The van der Waals surface area contributed by atoms with Crippen molar-refractivity contribution in [1.82, 2.24) is 0 Å². The van der Waals surface area contributed by atoms with E-state index < -0.39 is 22.3 Å². The number of aryl methyl sites for hydroxylation is 1. The molecule has 0 saturated heterocycles. The normalized spacial score (nSPS) is 14.4. The van der Waals surface area contributed by atoms with Gasteiger partial charge in [-0.1, -0.05) is 68.5 Å². The van der Waals surface area contributed by atoms with Crippen LogP contribution in [0.5, 0.6) is 0 Å². The number of hydrogen-bond acceptors (Lipinski definition) is 2. The van der Waals surface area contributed by atoms with Gasteiger partial charge in [-0.15, -0.1) is 0 Å². The maximum absolute atomic E-state index is 12.7. The molecule has 22 heavy (non-hydrogen) atoms. The third kappa shape index (κ3) is 3.37. The Morgan fingerprint density at radius 3 is 2.18 bits per heavy atom. The van der Waals surface area contributed by atoms with Gasteiger partial charge < -0.3 is 5.11 Å². The Balaban J connectivity index is 2.26. The minimum absolute atomic E-state index is 0.521. The fraction of sp³-hybridized carbons (Fsp3) is 0.263. The zero-order valence-corrected chi connectivity index (χ0v) is 14.1. The van der Waals surface area contributed by atoms with Gasteiger partial charge in [-0.2, -0.15) is 0 Å². The number of rotatable bonds is 5. The predicted octanol–water partition coefficient (Wildman–Crippen LogP) is 4.38. The molecule has 116 valence electrons. The van der Waals surface area contributed by atoms with Gasteiger partial charge in [0.05, 0.1) is 16.9 Å². The molecule has 0 amide bonds. The first-order chi connectivity index (χ1) is 10.3. The van der Waals surface area contributed by atoms with Gasteiger partial charge in [0.25, 0.3) is 0 Å². The summed E-state index contributed by atoms with van der Waals surface area (Å²) in [7, 11) is -1.35. The lowest BCUT2D eigenvalue weighted by atomic mass is 9.82. The van der Waals surface area contributed by atoms with Crippen LogP contribution < -0.4 is 0 Å². The van der Waals surface area contributed by atoms with E-state index in [-0.39, 0.29) is 0 Å². The average molecular weight is 314 g/mol. The van der Waals surface area contributed by atoms with Crippen LogP contribution in [0.2, 0.25) is 0 Å². The van der Waals surface area contributed by atoms with E-state index in [2.05, 4.69) is 6.58 Å². The van der Waals surface area contributed by atoms with Gasteiger partial charge in [-0.05, 0) is 24.6 Å². The fourth-order valence-electron chi connectivity index (χ4n) is 2.25. The smallest absolute Gasteiger partial charge is 0.0887 e. The predicted molar refractivity (Wildman–Crippen MR) is 91.9 cm³/mol. The highest BCUT2D eigenvalue weighted by molar-refractivity contribution is 7.89. The Bertz CT molecular complexity index is 672. The van der Waals surface area contributed by atoms with Gasteiger partial charge in [-0.3, -0.25) is 0 Å². The van der Waals surface area contributed by atoms with Gasteiger partial charge in [0.2, 0.25) is 0 Å². The van der Waals surface area contributed by atoms with Crippen molar-refractivity contribution < 1.29 is 9.32 Å². The molecule has 0 aromatic heterocycles. The largest absolute Gasteiger partial charge is 0.387 e. The lowest BCUT2D eigenvalue weighted by Gasteiger charge is -2.32. The SMILES string of the molecule is C=C(S(=O)c1ccc(C)cc1)C(C)(C)[C@H](O)c1ccccc1. The van der Waals surface area contributed by atoms with Crippen molar-refractivity contribution in [3.05, 3.63) is 77.2 Å². The highest BCUT2D eigenvalue weighted by Crippen LogP contribution is 2.41. The number of aliphatic hydroxyl groups excluding tert-OH is 1. The molecule has 0 bridgehead atoms. The van der Waals surface area contributed by atoms with E-state index in [1.165, 1.54) is 0 Å². The van der Waals surface area contributed by atoms with E-state index in [0.29, 0.717) is 9.80 Å². The van der Waals surface area contributed by atoms with Gasteiger partial charge in [0.15, 0.2) is 0 Å². The highest BCUT2D eigenvalue weighted by Gasteiger charge is 2.35. The first-order valence-electron chi connectivity index (χ1n) is 7.25. The summed E-state index contributed by atoms with van der Waals surface area (Å²) < 4.78 is 12.7. The lowest BCUT2D eigenvalue weighted by Crippen LogP contribution is -2.26. The Morgan fingerprint density at radius 2 is 1.64 bits per heavy atom. The molecular weight excluding hydrogens is 292 g/mol. The highest BCUT2D eigenvalue weighted by atomic mass is 32.2. The third-order valence-corrected chi connectivity index (χ3v) is 5.65. The van der Waals surface area contributed by atoms with Crippen LogP contribution in [0.15, 0.2) is 71.0 Å². The Hall–Kier alpha value is -1.71. The quantitative estimate of drug-likeness (QED) is 0.889. The molecule has 1 N–H and O–H groups in total. The zero-order valence-electron chi connectivity index (χ0n) is 13.2. The third-order valence-electron chi connectivity index (χ3n) is 3.98. The van der Waals surface area contributed by atoms with Crippen molar-refractivity contribution in [3.63, 3.8) is 0 Å². The topological polar surface area (TPSA) is 37.3 Å². The first kappa shape index (κ1) is 16.7. The summed E-state index contributed by atoms with van der Waals surface area (Å²) in [5.41, 5.74) is 1.22. The minimum atomic E-state index is -1.35. The zero-order chi connectivity index (χ0) is 16.3. The van der Waals surface area contributed by atoms with Gasteiger partial charge in [-0.25, -0.2) is 4.21 Å². The van der Waals surface area contributed by atoms with Crippen molar-refractivity contribution in [2.75, 3.05) is 0 Å². The summed E-state index contributed by atoms with van der Waals surface area (Å²) in [5, 5.41) is 10.7. The molecule has 2 aromatic carbocycles. The summed E-state index contributed by atoms with van der Waals surface area (Å²) in [5.74, 6) is 0. The molecule has 0 aliphatic carbocycles. The maximum Gasteiger partial charge on any atom is 0.0887 e. The molecule has 2 aromatic rings. The number of aliphatic hydroxyl groups is 1. The molecule has 2 rings (SSSR count). The van der Waals surface area contributed by atoms with Crippen molar-refractivity contribution in [1.29, 1.82) is 0 Å². The summed E-state index contributed by atoms with van der Waals surface area (Å²) in [4.78, 5) is 1.23. The average Bonchev–Trinajstić information content (AvgIpc) is 2.54. The Kier molecular flexibility index (Phi) is 4.99. The van der Waals surface area contributed by atoms with E-state index in [1.54, 1.807) is 0 Å². The van der Waals surface area contributed by atoms with Crippen LogP contribution in [0.3, 0.4) is 0 Å². The van der Waals surface area contributed by atoms with Crippen LogP contribution in [0, 0.1) is 12.3 Å². The molecule has 0 aliphatic heterocycles. The molecule has 0 spiro atoms. The second kappa shape index (κ2) is 6.59. The summed E-state index contributed by atoms with van der Waals surface area (Å²) in [6.45, 7) is 9.75. The van der Waals surface area contributed by atoms with Gasteiger partial charge in [0.1, 0.15) is 0 Å². The van der Waals surface area contributed by atoms with Crippen molar-refractivity contribution in [2.24, 2.45) is 5.41 Å². The second-order valence-corrected chi connectivity index (χ2v) is 7.54. The molecule has 0 fully saturated rings. The molecular formula is C19H22O2S. The van der Waals surface area contributed by atoms with Crippen LogP contribution in [0.25, 0.3) is 0 Å². The van der Waals surface area contributed by atoms with Crippen LogP contribution in [-0.4, -0.2) is 9.32 Å². The number of hydrogen-bond donors (Lipinski definition) is 1. The maximum atomic E-state index is 12.7. The minimum Gasteiger partial charge on any atom is -0.387 e. The van der Waals surface area contributed by atoms with E-state index in [4.69, 9.17) is 0 Å². The molecule has 2 atom stereocenters. The van der Waals surface area contributed by atoms with E-state index >= 15 is 0 Å². The Labute approximate surface area is 135 Å². The van der Waals surface area contributed by atoms with E-state index in [0.717, 1.165) is 11.1 Å². The molecule has 0 saturated carbocycles. The van der Waals surface area contributed by atoms with Crippen LogP contribution in [0.1, 0.15) is 31.1 Å². The molecule has 1 unspecified atom stereocenters. The van der Waals surface area contributed by atoms with Crippen LogP contribution >= 0.6 is 0 Å². The fourth-order valence-corrected chi connectivity index (χ4v) is 3.50. The van der Waals surface area contributed by atoms with E-state index in [9.17, 15) is 9.32 Å². The monoisotopic (exact) mass is 314 g/mol. The summed E-state index contributed by atoms with van der Waals surface area (Å²) in [6, 6.07) is 17.0. The van der Waals surface area contributed by atoms with Crippen molar-refractivity contribution in [2.45, 2.75) is 31.8 Å². The van der Waals surface area contributed by atoms with Crippen molar-refractivity contribution >= 4 is 10.8 Å². The van der Waals surface area contributed by atoms with Gasteiger partial charge >= 0.3 is 0 Å². The lowest BCUT2D eigenvalue weighted by molar-refractivity contribution is 0.0795. The first-order valence-corrected chi connectivity index (χ1v) is 8.40. The summed E-state index contributed by atoms with van der Waals surface area (Å²) in [6.07, 6.45) is -0.754. The van der Waals surface area contributed by atoms with Crippen LogP contribution in [0.4, 0.5) is 0 Å². The Morgan fingerprint density at radius 1 is 1.09 bits per heavy atom. The molecule has 2 nitrogen and oxygen atoms in total. The molecule has 0 heterocycles. The molecule has 0 radical (unpaired) electrons. The summed E-state index contributed by atoms with van der Waals surface area (Å²) >= 11 is 0. The molecule has 0 aliphatic rings. The van der Waals surface area contributed by atoms with Crippen molar-refractivity contribution in [3.8, 4) is 0 Å². The van der Waals surface area contributed by atoms with Crippen LogP contribution in [-0.2, 0) is 10.8 Å². The van der Waals surface area contributed by atoms with Gasteiger partial charge in [0, 0.05) is 15.2 Å².